The molecule has 2 saturated heterocycles. The van der Waals surface area contributed by atoms with Crippen molar-refractivity contribution in [3.63, 3.8) is 0 Å². The third-order valence-corrected chi connectivity index (χ3v) is 6.46. The van der Waals surface area contributed by atoms with Gasteiger partial charge in [-0.2, -0.15) is 10.4 Å². The zero-order chi connectivity index (χ0) is 23.3. The number of ether oxygens (including phenoxy) is 2. The summed E-state index contributed by atoms with van der Waals surface area (Å²) in [6.07, 6.45) is 0.660. The lowest BCUT2D eigenvalue weighted by molar-refractivity contribution is -0.114. The predicted molar refractivity (Wildman–Crippen MR) is 123 cm³/mol. The lowest BCUT2D eigenvalue weighted by Crippen LogP contribution is -2.56. The molecule has 2 heterocycles. The second-order valence-electron chi connectivity index (χ2n) is 8.48. The highest BCUT2D eigenvalue weighted by atomic mass is 35.5. The summed E-state index contributed by atoms with van der Waals surface area (Å²) in [5.41, 5.74) is 9.44. The highest BCUT2D eigenvalue weighted by Gasteiger charge is 2.43. The van der Waals surface area contributed by atoms with E-state index in [2.05, 4.69) is 28.2 Å². The van der Waals surface area contributed by atoms with Gasteiger partial charge >= 0.3 is 0 Å². The molecular weight excluding hydrogens is 430 g/mol. The molecule has 4 atom stereocenters. The lowest BCUT2D eigenvalue weighted by Gasteiger charge is -2.45. The molecule has 0 radical (unpaired) electrons. The van der Waals surface area contributed by atoms with Crippen LogP contribution in [0.3, 0.4) is 0 Å². The van der Waals surface area contributed by atoms with E-state index < -0.39 is 6.04 Å². The summed E-state index contributed by atoms with van der Waals surface area (Å²) in [6, 6.07) is 6.10. The maximum atomic E-state index is 9.09. The Morgan fingerprint density at radius 3 is 2.62 bits per heavy atom. The monoisotopic (exact) mass is 459 g/mol. The van der Waals surface area contributed by atoms with Gasteiger partial charge in [0, 0.05) is 24.9 Å². The zero-order valence-corrected chi connectivity index (χ0v) is 19.4. The van der Waals surface area contributed by atoms with Crippen LogP contribution < -0.4 is 5.84 Å². The van der Waals surface area contributed by atoms with Gasteiger partial charge in [0.25, 0.3) is 0 Å². The van der Waals surface area contributed by atoms with Gasteiger partial charge in [-0.05, 0) is 37.6 Å². The third kappa shape index (κ3) is 5.26. The molecule has 0 saturated carbocycles. The summed E-state index contributed by atoms with van der Waals surface area (Å²) in [6.45, 7) is 6.96. The average molecular weight is 460 g/mol. The number of piperidine rings is 1. The van der Waals surface area contributed by atoms with E-state index in [1.807, 2.05) is 13.8 Å². The van der Waals surface area contributed by atoms with Gasteiger partial charge in [-0.1, -0.05) is 25.4 Å². The molecule has 3 rings (SSSR count). The number of nitrogens with one attached hydrogen (secondary N) is 1. The topological polar surface area (TPSA) is 132 Å². The van der Waals surface area contributed by atoms with Crippen LogP contribution in [0.15, 0.2) is 33.4 Å². The number of hydrogen-bond acceptors (Lipinski definition) is 9. The molecule has 0 spiro atoms. The van der Waals surface area contributed by atoms with E-state index >= 15 is 0 Å². The molecule has 3 N–H and O–H groups in total. The van der Waals surface area contributed by atoms with Crippen LogP contribution in [0, 0.1) is 34.6 Å². The van der Waals surface area contributed by atoms with E-state index in [1.54, 1.807) is 18.2 Å². The Morgan fingerprint density at radius 2 is 2.09 bits per heavy atom. The van der Waals surface area contributed by atoms with E-state index in [9.17, 15) is 0 Å². The highest BCUT2D eigenvalue weighted by Crippen LogP contribution is 2.32. The normalized spacial score (nSPS) is 26.2. The minimum absolute atomic E-state index is 0.0264. The van der Waals surface area contributed by atoms with Gasteiger partial charge in [0.15, 0.2) is 6.04 Å². The van der Waals surface area contributed by atoms with Crippen LogP contribution in [0.4, 0.5) is 5.69 Å². The lowest BCUT2D eigenvalue weighted by atomic mass is 9.84. The van der Waals surface area contributed by atoms with Gasteiger partial charge in [-0.25, -0.2) is 5.53 Å². The maximum Gasteiger partial charge on any atom is 0.238 e. The highest BCUT2D eigenvalue weighted by molar-refractivity contribution is 6.33. The van der Waals surface area contributed by atoms with Crippen molar-refractivity contribution in [1.82, 2.24) is 4.90 Å². The van der Waals surface area contributed by atoms with Crippen molar-refractivity contribution in [3.8, 4) is 6.07 Å². The number of nitrogens with two attached hydrogens (primary N) is 1. The summed E-state index contributed by atoms with van der Waals surface area (Å²) in [4.78, 5) is 7.01. The maximum absolute atomic E-state index is 9.09. The summed E-state index contributed by atoms with van der Waals surface area (Å²) in [5.74, 6) is 6.27. The van der Waals surface area contributed by atoms with Crippen LogP contribution in [0.5, 0.6) is 0 Å². The van der Waals surface area contributed by atoms with Gasteiger partial charge < -0.3 is 20.2 Å². The number of hydrazone groups is 1. The minimum atomic E-state index is -0.858. The first-order valence-corrected chi connectivity index (χ1v) is 11.1. The van der Waals surface area contributed by atoms with Crippen molar-refractivity contribution in [2.45, 2.75) is 32.4 Å². The fourth-order valence-corrected chi connectivity index (χ4v) is 4.56. The van der Waals surface area contributed by atoms with Crippen LogP contribution in [0.2, 0.25) is 5.02 Å². The van der Waals surface area contributed by atoms with Crippen molar-refractivity contribution < 1.29 is 9.47 Å². The Hall–Kier alpha value is -2.54. The van der Waals surface area contributed by atoms with Gasteiger partial charge in [0.2, 0.25) is 5.90 Å². The molecule has 0 aliphatic carbocycles. The number of nitrogens with zero attached hydrogens (tertiary/aromatic N) is 5. The first-order valence-electron chi connectivity index (χ1n) is 10.8. The molecule has 32 heavy (non-hydrogen) atoms. The predicted octanol–water partition coefficient (Wildman–Crippen LogP) is 3.60. The van der Waals surface area contributed by atoms with Crippen LogP contribution in [0.1, 0.15) is 25.8 Å². The molecule has 10 heteroatoms. The quantitative estimate of drug-likeness (QED) is 0.211. The molecule has 0 aromatic heterocycles. The SMILES string of the molecule is CCC(C)C(=Nc1ccc(C#N)cc1Cl)C(N=N)/C(=N/N)OC1C2COCC1CN(C)C2. The smallest absolute Gasteiger partial charge is 0.238 e. The van der Waals surface area contributed by atoms with Gasteiger partial charge in [-0.3, -0.25) is 4.99 Å². The van der Waals surface area contributed by atoms with Crippen molar-refractivity contribution in [2.75, 3.05) is 33.4 Å². The molecule has 2 fully saturated rings. The summed E-state index contributed by atoms with van der Waals surface area (Å²) in [5, 5.41) is 17.1. The van der Waals surface area contributed by atoms with Gasteiger partial charge in [0.05, 0.1) is 41.3 Å². The molecule has 1 aromatic rings. The largest absolute Gasteiger partial charge is 0.474 e. The van der Waals surface area contributed by atoms with Crippen molar-refractivity contribution in [3.05, 3.63) is 28.8 Å². The number of nitriles is 1. The van der Waals surface area contributed by atoms with Crippen molar-refractivity contribution in [2.24, 2.45) is 38.8 Å². The first-order chi connectivity index (χ1) is 15.4. The van der Waals surface area contributed by atoms with Gasteiger partial charge in [0.1, 0.15) is 6.10 Å². The molecule has 4 unspecified atom stereocenters. The summed E-state index contributed by atoms with van der Waals surface area (Å²) in [7, 11) is 2.09. The molecular formula is C22H30ClN7O2. The fraction of sp³-hybridized carbons (Fsp3) is 0.591. The second-order valence-corrected chi connectivity index (χ2v) is 8.89. The Kier molecular flexibility index (Phi) is 8.18. The number of aliphatic imine (C=N–C) groups is 1. The van der Waals surface area contributed by atoms with Crippen LogP contribution >= 0.6 is 11.6 Å². The van der Waals surface area contributed by atoms with E-state index in [-0.39, 0.29) is 29.8 Å². The van der Waals surface area contributed by atoms with Crippen molar-refractivity contribution >= 4 is 28.9 Å². The number of halogens is 1. The standard InChI is InChI=1S/C22H30ClN7O2/c1-4-13(2)19(27-18-6-5-14(8-24)7-17(18)23)20(28-25)22(29-26)32-21-15-9-30(3)10-16(21)12-31-11-15/h5-7,13,15-16,20-21,25H,4,9-12,26H2,1-3H3/b27-19?,28-25?,29-22-. The van der Waals surface area contributed by atoms with Crippen LogP contribution in [0.25, 0.3) is 0 Å². The Bertz CT molecular complexity index is 915. The number of rotatable bonds is 7. The average Bonchev–Trinajstić information content (AvgIpc) is 2.78. The second kappa shape index (κ2) is 10.9. The molecule has 2 bridgehead atoms. The summed E-state index contributed by atoms with van der Waals surface area (Å²) < 4.78 is 12.1. The van der Waals surface area contributed by atoms with Crippen LogP contribution in [-0.4, -0.2) is 62.0 Å². The van der Waals surface area contributed by atoms with Crippen molar-refractivity contribution in [1.29, 1.82) is 10.8 Å². The molecule has 172 valence electrons. The number of likely N-dealkylation sites (tertiary alicyclic amines) is 1. The number of fused-ring (bicyclic) bond motifs is 2. The molecule has 1 aromatic carbocycles. The Labute approximate surface area is 193 Å². The minimum Gasteiger partial charge on any atom is -0.474 e. The molecule has 2 aliphatic rings. The van der Waals surface area contributed by atoms with E-state index in [1.165, 1.54) is 0 Å². The fourth-order valence-electron chi connectivity index (χ4n) is 4.34. The zero-order valence-electron chi connectivity index (χ0n) is 18.7. The van der Waals surface area contributed by atoms with E-state index in [0.29, 0.717) is 35.2 Å². The Morgan fingerprint density at radius 1 is 1.41 bits per heavy atom. The van der Waals surface area contributed by atoms with E-state index in [0.717, 1.165) is 19.5 Å². The van der Waals surface area contributed by atoms with E-state index in [4.69, 9.17) is 42.7 Å². The number of benzene rings is 1. The molecule has 9 nitrogen and oxygen atoms in total. The Balaban J connectivity index is 1.92. The number of hydrogen-bond donors (Lipinski definition) is 2. The molecule has 0 amide bonds. The summed E-state index contributed by atoms with van der Waals surface area (Å²) >= 11 is 6.35. The molecule has 2 aliphatic heterocycles. The third-order valence-electron chi connectivity index (χ3n) is 6.16. The first kappa shape index (κ1) is 24.1. The van der Waals surface area contributed by atoms with Crippen LogP contribution in [-0.2, 0) is 9.47 Å². The van der Waals surface area contributed by atoms with Gasteiger partial charge in [-0.15, -0.1) is 5.10 Å².